The molecule has 1 atom stereocenters. The Hall–Kier alpha value is -2.56. The van der Waals surface area contributed by atoms with Crippen molar-refractivity contribution in [3.8, 4) is 0 Å². The number of nitrogens with two attached hydrogens (primary N) is 1. The summed E-state index contributed by atoms with van der Waals surface area (Å²) in [6, 6.07) is 8.54. The minimum Gasteiger partial charge on any atom is -0.478 e. The van der Waals surface area contributed by atoms with Crippen LogP contribution in [0, 0.1) is 0 Å². The zero-order chi connectivity index (χ0) is 13.8. The van der Waals surface area contributed by atoms with E-state index in [1.165, 1.54) is 12.1 Å². The average molecular weight is 257 g/mol. The monoisotopic (exact) mass is 257 g/mol. The first kappa shape index (κ1) is 12.9. The smallest absolute Gasteiger partial charge is 0.335 e. The number of aromatic nitrogens is 1. The Bertz CT molecular complexity index is 584. The largest absolute Gasteiger partial charge is 0.478 e. The van der Waals surface area contributed by atoms with E-state index in [1.807, 2.05) is 19.1 Å². The van der Waals surface area contributed by atoms with Crippen molar-refractivity contribution in [2.75, 3.05) is 11.1 Å². The van der Waals surface area contributed by atoms with Gasteiger partial charge in [-0.1, -0.05) is 0 Å². The Morgan fingerprint density at radius 3 is 2.58 bits per heavy atom. The maximum Gasteiger partial charge on any atom is 0.335 e. The van der Waals surface area contributed by atoms with Crippen LogP contribution in [-0.4, -0.2) is 16.1 Å². The first-order chi connectivity index (χ1) is 9.08. The SMILES string of the molecule is CC(Nc1ccc(C(=O)O)cc1N)c1ccncc1. The van der Waals surface area contributed by atoms with Gasteiger partial charge in [0.25, 0.3) is 0 Å². The summed E-state index contributed by atoms with van der Waals surface area (Å²) in [4.78, 5) is 14.8. The molecule has 0 saturated heterocycles. The van der Waals surface area contributed by atoms with Crippen LogP contribution in [0.3, 0.4) is 0 Å². The molecule has 1 aromatic heterocycles. The van der Waals surface area contributed by atoms with Crippen LogP contribution in [0.5, 0.6) is 0 Å². The molecule has 0 fully saturated rings. The fourth-order valence-electron chi connectivity index (χ4n) is 1.80. The number of pyridine rings is 1. The van der Waals surface area contributed by atoms with Crippen molar-refractivity contribution in [2.24, 2.45) is 0 Å². The quantitative estimate of drug-likeness (QED) is 0.732. The maximum atomic E-state index is 10.8. The van der Waals surface area contributed by atoms with Crippen molar-refractivity contribution in [1.82, 2.24) is 4.98 Å². The van der Waals surface area contributed by atoms with Crippen LogP contribution in [0.25, 0.3) is 0 Å². The van der Waals surface area contributed by atoms with Gasteiger partial charge in [0.15, 0.2) is 0 Å². The molecular formula is C14H15N3O2. The predicted octanol–water partition coefficient (Wildman–Crippen LogP) is 2.54. The summed E-state index contributed by atoms with van der Waals surface area (Å²) in [6.07, 6.45) is 3.45. The Balaban J connectivity index is 2.18. The molecule has 0 bridgehead atoms. The predicted molar refractivity (Wildman–Crippen MR) is 74.1 cm³/mol. The lowest BCUT2D eigenvalue weighted by Gasteiger charge is -2.17. The summed E-state index contributed by atoms with van der Waals surface area (Å²) in [7, 11) is 0. The summed E-state index contributed by atoms with van der Waals surface area (Å²) in [5, 5.41) is 12.1. The number of hydrogen-bond acceptors (Lipinski definition) is 4. The van der Waals surface area contributed by atoms with Gasteiger partial charge in [0.1, 0.15) is 0 Å². The van der Waals surface area contributed by atoms with Gasteiger partial charge in [-0.3, -0.25) is 4.98 Å². The van der Waals surface area contributed by atoms with E-state index >= 15 is 0 Å². The van der Waals surface area contributed by atoms with Crippen molar-refractivity contribution in [3.63, 3.8) is 0 Å². The number of aromatic carboxylic acids is 1. The maximum absolute atomic E-state index is 10.8. The Morgan fingerprint density at radius 2 is 2.00 bits per heavy atom. The van der Waals surface area contributed by atoms with Crippen molar-refractivity contribution < 1.29 is 9.90 Å². The molecule has 1 aromatic carbocycles. The molecule has 2 rings (SSSR count). The van der Waals surface area contributed by atoms with Crippen LogP contribution in [0.1, 0.15) is 28.9 Å². The number of carboxylic acids is 1. The molecule has 98 valence electrons. The second-order valence-electron chi connectivity index (χ2n) is 4.25. The highest BCUT2D eigenvalue weighted by Gasteiger charge is 2.09. The third-order valence-electron chi connectivity index (χ3n) is 2.88. The molecule has 2 aromatic rings. The third-order valence-corrected chi connectivity index (χ3v) is 2.88. The Labute approximate surface area is 111 Å². The molecule has 0 amide bonds. The van der Waals surface area contributed by atoms with Gasteiger partial charge >= 0.3 is 5.97 Å². The van der Waals surface area contributed by atoms with Gasteiger partial charge in [0.2, 0.25) is 0 Å². The summed E-state index contributed by atoms with van der Waals surface area (Å²) in [5.74, 6) is -0.986. The summed E-state index contributed by atoms with van der Waals surface area (Å²) in [5.41, 5.74) is 8.24. The van der Waals surface area contributed by atoms with Crippen molar-refractivity contribution >= 4 is 17.3 Å². The molecule has 0 radical (unpaired) electrons. The molecule has 5 nitrogen and oxygen atoms in total. The fraction of sp³-hybridized carbons (Fsp3) is 0.143. The van der Waals surface area contributed by atoms with Crippen LogP contribution in [-0.2, 0) is 0 Å². The average Bonchev–Trinajstić information content (AvgIpc) is 2.41. The number of rotatable bonds is 4. The van der Waals surface area contributed by atoms with Crippen molar-refractivity contribution in [2.45, 2.75) is 13.0 Å². The van der Waals surface area contributed by atoms with E-state index in [1.54, 1.807) is 18.5 Å². The summed E-state index contributed by atoms with van der Waals surface area (Å²) < 4.78 is 0. The molecule has 19 heavy (non-hydrogen) atoms. The highest BCUT2D eigenvalue weighted by atomic mass is 16.4. The molecular weight excluding hydrogens is 242 g/mol. The molecule has 4 N–H and O–H groups in total. The zero-order valence-corrected chi connectivity index (χ0v) is 10.5. The summed E-state index contributed by atoms with van der Waals surface area (Å²) in [6.45, 7) is 2.00. The van der Waals surface area contributed by atoms with Crippen LogP contribution < -0.4 is 11.1 Å². The van der Waals surface area contributed by atoms with Gasteiger partial charge in [0, 0.05) is 18.4 Å². The van der Waals surface area contributed by atoms with E-state index in [2.05, 4.69) is 10.3 Å². The Kier molecular flexibility index (Phi) is 3.66. The minimum absolute atomic E-state index is 0.0565. The molecule has 0 aliphatic rings. The molecule has 1 unspecified atom stereocenters. The number of nitrogen functional groups attached to an aromatic ring is 1. The third kappa shape index (κ3) is 3.01. The number of nitrogens with one attached hydrogen (secondary N) is 1. The first-order valence-electron chi connectivity index (χ1n) is 5.87. The number of carbonyl (C=O) groups is 1. The van der Waals surface area contributed by atoms with E-state index in [9.17, 15) is 4.79 Å². The first-order valence-corrected chi connectivity index (χ1v) is 5.87. The normalized spacial score (nSPS) is 11.8. The van der Waals surface area contributed by atoms with Crippen molar-refractivity contribution in [3.05, 3.63) is 53.9 Å². The van der Waals surface area contributed by atoms with Crippen LogP contribution in [0.4, 0.5) is 11.4 Å². The van der Waals surface area contributed by atoms with Gasteiger partial charge in [0.05, 0.1) is 16.9 Å². The number of benzene rings is 1. The number of anilines is 2. The van der Waals surface area contributed by atoms with E-state index < -0.39 is 5.97 Å². The van der Waals surface area contributed by atoms with E-state index in [-0.39, 0.29) is 11.6 Å². The van der Waals surface area contributed by atoms with Crippen LogP contribution in [0.2, 0.25) is 0 Å². The minimum atomic E-state index is -0.986. The van der Waals surface area contributed by atoms with Crippen molar-refractivity contribution in [1.29, 1.82) is 0 Å². The molecule has 5 heteroatoms. The topological polar surface area (TPSA) is 88.2 Å². The van der Waals surface area contributed by atoms with Gasteiger partial charge < -0.3 is 16.2 Å². The van der Waals surface area contributed by atoms with E-state index in [4.69, 9.17) is 10.8 Å². The molecule has 0 aliphatic heterocycles. The second-order valence-corrected chi connectivity index (χ2v) is 4.25. The van der Waals surface area contributed by atoms with E-state index in [0.29, 0.717) is 11.4 Å². The molecule has 0 saturated carbocycles. The van der Waals surface area contributed by atoms with Gasteiger partial charge in [-0.25, -0.2) is 4.79 Å². The Morgan fingerprint density at radius 1 is 1.32 bits per heavy atom. The standard InChI is InChI=1S/C14H15N3O2/c1-9(10-4-6-16-7-5-10)17-13-3-2-11(14(18)19)8-12(13)15/h2-9,17H,15H2,1H3,(H,18,19). The summed E-state index contributed by atoms with van der Waals surface area (Å²) >= 11 is 0. The van der Waals surface area contributed by atoms with Crippen LogP contribution >= 0.6 is 0 Å². The lowest BCUT2D eigenvalue weighted by molar-refractivity contribution is 0.0697. The van der Waals surface area contributed by atoms with Gasteiger partial charge in [-0.2, -0.15) is 0 Å². The molecule has 0 aliphatic carbocycles. The van der Waals surface area contributed by atoms with E-state index in [0.717, 1.165) is 5.56 Å². The fourth-order valence-corrected chi connectivity index (χ4v) is 1.80. The molecule has 1 heterocycles. The van der Waals surface area contributed by atoms with Crippen LogP contribution in [0.15, 0.2) is 42.7 Å². The lowest BCUT2D eigenvalue weighted by atomic mass is 10.1. The number of nitrogens with zero attached hydrogens (tertiary/aromatic N) is 1. The second kappa shape index (κ2) is 5.39. The molecule has 0 spiro atoms. The lowest BCUT2D eigenvalue weighted by Crippen LogP contribution is -2.09. The zero-order valence-electron chi connectivity index (χ0n) is 10.5. The van der Waals surface area contributed by atoms with Gasteiger partial charge in [-0.05, 0) is 42.8 Å². The number of carboxylic acid groups (broad SMARTS) is 1. The highest BCUT2D eigenvalue weighted by Crippen LogP contribution is 2.25. The highest BCUT2D eigenvalue weighted by molar-refractivity contribution is 5.90. The van der Waals surface area contributed by atoms with Gasteiger partial charge in [-0.15, -0.1) is 0 Å². The number of hydrogen-bond donors (Lipinski definition) is 3.